The molecule has 0 radical (unpaired) electrons. The molecule has 1 N–H and O–H groups in total. The standard InChI is InChI=1S/C22H30N4O2/c1-4-20(28-3)22(27)24-16-18-9-7-11-23-21(18)26-14-12-25(13-15-26)19-10-6-5-8-17(19)2/h5-11,20H,4,12-16H2,1-3H3,(H,24,27)/t20-/m1/s1. The summed E-state index contributed by atoms with van der Waals surface area (Å²) in [5.74, 6) is 0.877. The minimum Gasteiger partial charge on any atom is -0.372 e. The molecule has 1 amide bonds. The number of methoxy groups -OCH3 is 1. The Bertz CT molecular complexity index is 784. The van der Waals surface area contributed by atoms with E-state index in [0.717, 1.165) is 37.6 Å². The average Bonchev–Trinajstić information content (AvgIpc) is 2.74. The van der Waals surface area contributed by atoms with E-state index in [-0.39, 0.29) is 5.91 Å². The third-order valence-electron chi connectivity index (χ3n) is 5.30. The zero-order chi connectivity index (χ0) is 19.9. The summed E-state index contributed by atoms with van der Waals surface area (Å²) in [6, 6.07) is 12.5. The molecule has 0 saturated carbocycles. The maximum atomic E-state index is 12.2. The summed E-state index contributed by atoms with van der Waals surface area (Å²) in [5, 5.41) is 2.98. The summed E-state index contributed by atoms with van der Waals surface area (Å²) in [7, 11) is 1.57. The van der Waals surface area contributed by atoms with E-state index >= 15 is 0 Å². The van der Waals surface area contributed by atoms with Gasteiger partial charge in [0.2, 0.25) is 5.91 Å². The van der Waals surface area contributed by atoms with Crippen molar-refractivity contribution in [2.24, 2.45) is 0 Å². The molecule has 2 aromatic rings. The second kappa shape index (κ2) is 9.55. The molecule has 3 rings (SSSR count). The lowest BCUT2D eigenvalue weighted by atomic mass is 10.1. The highest BCUT2D eigenvalue weighted by Crippen LogP contribution is 2.24. The van der Waals surface area contributed by atoms with Gasteiger partial charge in [0.1, 0.15) is 11.9 Å². The van der Waals surface area contributed by atoms with Crippen molar-refractivity contribution in [1.29, 1.82) is 0 Å². The summed E-state index contributed by atoms with van der Waals surface area (Å²) in [4.78, 5) is 21.6. The molecule has 0 bridgehead atoms. The summed E-state index contributed by atoms with van der Waals surface area (Å²) in [5.41, 5.74) is 3.65. The maximum absolute atomic E-state index is 12.2. The number of aromatic nitrogens is 1. The quantitative estimate of drug-likeness (QED) is 0.798. The lowest BCUT2D eigenvalue weighted by Gasteiger charge is -2.38. The van der Waals surface area contributed by atoms with E-state index in [2.05, 4.69) is 51.3 Å². The molecule has 6 heteroatoms. The number of carbonyl (C=O) groups is 1. The number of piperazine rings is 1. The van der Waals surface area contributed by atoms with Gasteiger partial charge in [-0.15, -0.1) is 0 Å². The van der Waals surface area contributed by atoms with E-state index in [1.807, 2.05) is 25.3 Å². The van der Waals surface area contributed by atoms with E-state index in [1.165, 1.54) is 11.3 Å². The van der Waals surface area contributed by atoms with Crippen LogP contribution < -0.4 is 15.1 Å². The van der Waals surface area contributed by atoms with Crippen LogP contribution in [0.2, 0.25) is 0 Å². The second-order valence-electron chi connectivity index (χ2n) is 7.10. The van der Waals surface area contributed by atoms with Crippen LogP contribution >= 0.6 is 0 Å². The zero-order valence-electron chi connectivity index (χ0n) is 17.0. The topological polar surface area (TPSA) is 57.7 Å². The lowest BCUT2D eigenvalue weighted by molar-refractivity contribution is -0.131. The normalized spacial score (nSPS) is 15.4. The first-order chi connectivity index (χ1) is 13.6. The number of nitrogens with zero attached hydrogens (tertiary/aromatic N) is 3. The Hall–Kier alpha value is -2.60. The lowest BCUT2D eigenvalue weighted by Crippen LogP contribution is -2.47. The Kier molecular flexibility index (Phi) is 6.87. The van der Waals surface area contributed by atoms with Crippen molar-refractivity contribution in [3.8, 4) is 0 Å². The molecule has 6 nitrogen and oxygen atoms in total. The number of aryl methyl sites for hydroxylation is 1. The van der Waals surface area contributed by atoms with E-state index in [9.17, 15) is 4.79 Å². The van der Waals surface area contributed by atoms with E-state index < -0.39 is 6.10 Å². The van der Waals surface area contributed by atoms with E-state index in [1.54, 1.807) is 7.11 Å². The third kappa shape index (κ3) is 4.62. The molecule has 1 aliphatic heterocycles. The van der Waals surface area contributed by atoms with Crippen molar-refractivity contribution in [2.45, 2.75) is 32.9 Å². The molecule has 1 aliphatic rings. The summed E-state index contributed by atoms with van der Waals surface area (Å²) < 4.78 is 5.22. The zero-order valence-corrected chi connectivity index (χ0v) is 17.0. The number of hydrogen-bond donors (Lipinski definition) is 1. The van der Waals surface area contributed by atoms with Crippen molar-refractivity contribution >= 4 is 17.4 Å². The van der Waals surface area contributed by atoms with Crippen LogP contribution in [0, 0.1) is 6.92 Å². The minimum absolute atomic E-state index is 0.0795. The Morgan fingerprint density at radius 3 is 2.54 bits per heavy atom. The van der Waals surface area contributed by atoms with Crippen LogP contribution in [0.1, 0.15) is 24.5 Å². The van der Waals surface area contributed by atoms with Crippen molar-refractivity contribution in [1.82, 2.24) is 10.3 Å². The highest BCUT2D eigenvalue weighted by atomic mass is 16.5. The highest BCUT2D eigenvalue weighted by Gasteiger charge is 2.22. The van der Waals surface area contributed by atoms with Crippen LogP contribution in [0.5, 0.6) is 0 Å². The van der Waals surface area contributed by atoms with Crippen molar-refractivity contribution in [2.75, 3.05) is 43.1 Å². The number of para-hydroxylation sites is 1. The van der Waals surface area contributed by atoms with Crippen LogP contribution in [0.3, 0.4) is 0 Å². The largest absolute Gasteiger partial charge is 0.372 e. The number of carbonyl (C=O) groups excluding carboxylic acids is 1. The molecule has 150 valence electrons. The Labute approximate surface area is 167 Å². The molecule has 0 spiro atoms. The number of ether oxygens (including phenoxy) is 1. The third-order valence-corrected chi connectivity index (χ3v) is 5.30. The Morgan fingerprint density at radius 1 is 1.14 bits per heavy atom. The number of anilines is 2. The second-order valence-corrected chi connectivity index (χ2v) is 7.10. The number of benzene rings is 1. The van der Waals surface area contributed by atoms with Crippen LogP contribution in [-0.2, 0) is 16.1 Å². The van der Waals surface area contributed by atoms with Gasteiger partial charge >= 0.3 is 0 Å². The van der Waals surface area contributed by atoms with Gasteiger partial charge in [-0.1, -0.05) is 31.2 Å². The summed E-state index contributed by atoms with van der Waals surface area (Å²) >= 11 is 0. The van der Waals surface area contributed by atoms with E-state index in [0.29, 0.717) is 13.0 Å². The number of nitrogens with one attached hydrogen (secondary N) is 1. The van der Waals surface area contributed by atoms with Gasteiger partial charge < -0.3 is 19.9 Å². The smallest absolute Gasteiger partial charge is 0.249 e. The number of amides is 1. The molecular formula is C22H30N4O2. The fourth-order valence-corrected chi connectivity index (χ4v) is 3.69. The molecule has 1 atom stereocenters. The summed E-state index contributed by atoms with van der Waals surface area (Å²) in [6.07, 6.45) is 2.07. The maximum Gasteiger partial charge on any atom is 0.249 e. The fourth-order valence-electron chi connectivity index (χ4n) is 3.69. The van der Waals surface area contributed by atoms with Crippen LogP contribution in [0.4, 0.5) is 11.5 Å². The van der Waals surface area contributed by atoms with Crippen LogP contribution in [0.25, 0.3) is 0 Å². The van der Waals surface area contributed by atoms with Gasteiger partial charge in [-0.25, -0.2) is 4.98 Å². The van der Waals surface area contributed by atoms with Crippen LogP contribution in [0.15, 0.2) is 42.6 Å². The van der Waals surface area contributed by atoms with Gasteiger partial charge in [0.05, 0.1) is 0 Å². The summed E-state index contributed by atoms with van der Waals surface area (Å²) in [6.45, 7) is 8.27. The molecule has 1 fully saturated rings. The molecule has 1 aromatic heterocycles. The van der Waals surface area contributed by atoms with Gasteiger partial charge in [0.25, 0.3) is 0 Å². The van der Waals surface area contributed by atoms with E-state index in [4.69, 9.17) is 4.74 Å². The first-order valence-corrected chi connectivity index (χ1v) is 9.94. The van der Waals surface area contributed by atoms with Gasteiger partial charge in [-0.3, -0.25) is 4.79 Å². The minimum atomic E-state index is -0.405. The Morgan fingerprint density at radius 2 is 1.86 bits per heavy atom. The predicted molar refractivity (Wildman–Crippen MR) is 113 cm³/mol. The number of pyridine rings is 1. The van der Waals surface area contributed by atoms with Gasteiger partial charge in [-0.2, -0.15) is 0 Å². The van der Waals surface area contributed by atoms with Crippen molar-refractivity contribution < 1.29 is 9.53 Å². The van der Waals surface area contributed by atoms with Crippen molar-refractivity contribution in [3.05, 3.63) is 53.7 Å². The predicted octanol–water partition coefficient (Wildman–Crippen LogP) is 2.76. The van der Waals surface area contributed by atoms with Gasteiger partial charge in [-0.05, 0) is 31.0 Å². The number of rotatable bonds is 7. The molecule has 1 saturated heterocycles. The first kappa shape index (κ1) is 20.1. The molecule has 0 unspecified atom stereocenters. The highest BCUT2D eigenvalue weighted by molar-refractivity contribution is 5.80. The molecular weight excluding hydrogens is 352 g/mol. The Balaban J connectivity index is 1.64. The van der Waals surface area contributed by atoms with Crippen molar-refractivity contribution in [3.63, 3.8) is 0 Å². The average molecular weight is 383 g/mol. The molecule has 28 heavy (non-hydrogen) atoms. The van der Waals surface area contributed by atoms with Gasteiger partial charge in [0.15, 0.2) is 0 Å². The molecule has 1 aromatic carbocycles. The first-order valence-electron chi connectivity index (χ1n) is 9.94. The van der Waals surface area contributed by atoms with Gasteiger partial charge in [0, 0.05) is 57.3 Å². The monoisotopic (exact) mass is 382 g/mol. The SMILES string of the molecule is CC[C@@H](OC)C(=O)NCc1cccnc1N1CCN(c2ccccc2C)CC1. The molecule has 2 heterocycles. The number of hydrogen-bond acceptors (Lipinski definition) is 5. The van der Waals surface area contributed by atoms with Crippen LogP contribution in [-0.4, -0.2) is 50.3 Å². The fraction of sp³-hybridized carbons (Fsp3) is 0.455. The molecule has 0 aliphatic carbocycles.